The zero-order chi connectivity index (χ0) is 17.1. The van der Waals surface area contributed by atoms with Crippen molar-refractivity contribution in [2.24, 2.45) is 5.92 Å². The molecule has 2 heterocycles. The standard InChI is InChI=1S/C18H20N2O4/c1-23-15-6-12(7-16(8-15)24-2)5-13-10-20(11-13)17-4-3-14(9-19-17)18(21)22/h3-4,6-9,13H,5,10-11H2,1-2H3,(H,21,22). The van der Waals surface area contributed by atoms with Gasteiger partial charge in [-0.25, -0.2) is 9.78 Å². The number of carboxylic acid groups (broad SMARTS) is 1. The van der Waals surface area contributed by atoms with Crippen LogP contribution in [0.1, 0.15) is 15.9 Å². The van der Waals surface area contributed by atoms with E-state index in [0.29, 0.717) is 5.92 Å². The highest BCUT2D eigenvalue weighted by Crippen LogP contribution is 2.29. The Morgan fingerprint density at radius 3 is 2.38 bits per heavy atom. The van der Waals surface area contributed by atoms with Crippen molar-refractivity contribution in [1.29, 1.82) is 0 Å². The van der Waals surface area contributed by atoms with Crippen LogP contribution in [0.25, 0.3) is 0 Å². The van der Waals surface area contributed by atoms with Gasteiger partial charge >= 0.3 is 5.97 Å². The largest absolute Gasteiger partial charge is 0.497 e. The van der Waals surface area contributed by atoms with E-state index in [1.54, 1.807) is 26.4 Å². The van der Waals surface area contributed by atoms with E-state index in [0.717, 1.165) is 36.8 Å². The van der Waals surface area contributed by atoms with Crippen molar-refractivity contribution in [3.63, 3.8) is 0 Å². The Hall–Kier alpha value is -2.76. The second-order valence-electron chi connectivity index (χ2n) is 5.91. The van der Waals surface area contributed by atoms with Crippen LogP contribution < -0.4 is 14.4 Å². The van der Waals surface area contributed by atoms with Crippen LogP contribution in [0.2, 0.25) is 0 Å². The maximum Gasteiger partial charge on any atom is 0.337 e. The van der Waals surface area contributed by atoms with Gasteiger partial charge in [0, 0.05) is 25.4 Å². The van der Waals surface area contributed by atoms with Gasteiger partial charge < -0.3 is 19.5 Å². The van der Waals surface area contributed by atoms with Gasteiger partial charge in [-0.15, -0.1) is 0 Å². The number of anilines is 1. The lowest BCUT2D eigenvalue weighted by Crippen LogP contribution is -2.48. The van der Waals surface area contributed by atoms with Gasteiger partial charge in [-0.1, -0.05) is 0 Å². The van der Waals surface area contributed by atoms with Crippen molar-refractivity contribution in [2.45, 2.75) is 6.42 Å². The van der Waals surface area contributed by atoms with Gasteiger partial charge in [0.25, 0.3) is 0 Å². The number of ether oxygens (including phenoxy) is 2. The number of carbonyl (C=O) groups is 1. The summed E-state index contributed by atoms with van der Waals surface area (Å²) in [6.07, 6.45) is 2.34. The Bertz CT molecular complexity index is 702. The molecule has 0 radical (unpaired) electrons. The second-order valence-corrected chi connectivity index (χ2v) is 5.91. The third-order valence-corrected chi connectivity index (χ3v) is 4.21. The van der Waals surface area contributed by atoms with Crippen LogP contribution in [0.5, 0.6) is 11.5 Å². The van der Waals surface area contributed by atoms with E-state index < -0.39 is 5.97 Å². The summed E-state index contributed by atoms with van der Waals surface area (Å²) in [5, 5.41) is 8.90. The fraction of sp³-hybridized carbons (Fsp3) is 0.333. The Balaban J connectivity index is 1.60. The topological polar surface area (TPSA) is 71.9 Å². The smallest absolute Gasteiger partial charge is 0.337 e. The average molecular weight is 328 g/mol. The predicted octanol–water partition coefficient (Wildman–Crippen LogP) is 2.48. The lowest BCUT2D eigenvalue weighted by atomic mass is 9.92. The maximum atomic E-state index is 10.9. The number of benzene rings is 1. The van der Waals surface area contributed by atoms with Crippen LogP contribution in [0.4, 0.5) is 5.82 Å². The zero-order valence-electron chi connectivity index (χ0n) is 13.7. The van der Waals surface area contributed by atoms with Gasteiger partial charge in [0.2, 0.25) is 0 Å². The molecule has 0 atom stereocenters. The van der Waals surface area contributed by atoms with Crippen LogP contribution in [-0.4, -0.2) is 43.4 Å². The van der Waals surface area contributed by atoms with Crippen LogP contribution in [-0.2, 0) is 6.42 Å². The zero-order valence-corrected chi connectivity index (χ0v) is 13.7. The predicted molar refractivity (Wildman–Crippen MR) is 90.1 cm³/mol. The molecule has 1 N–H and O–H groups in total. The molecule has 0 bridgehead atoms. The van der Waals surface area contributed by atoms with E-state index in [1.165, 1.54) is 11.8 Å². The SMILES string of the molecule is COc1cc(CC2CN(c3ccc(C(=O)O)cn3)C2)cc(OC)c1. The molecule has 0 unspecified atom stereocenters. The fourth-order valence-electron chi connectivity index (χ4n) is 2.90. The quantitative estimate of drug-likeness (QED) is 0.878. The Morgan fingerprint density at radius 2 is 1.88 bits per heavy atom. The number of methoxy groups -OCH3 is 2. The average Bonchev–Trinajstić information content (AvgIpc) is 2.57. The lowest BCUT2D eigenvalue weighted by Gasteiger charge is -2.40. The van der Waals surface area contributed by atoms with Crippen LogP contribution in [0.15, 0.2) is 36.5 Å². The third-order valence-electron chi connectivity index (χ3n) is 4.21. The number of rotatable bonds is 6. The van der Waals surface area contributed by atoms with Crippen LogP contribution in [0.3, 0.4) is 0 Å². The van der Waals surface area contributed by atoms with E-state index in [4.69, 9.17) is 14.6 Å². The normalized spacial score (nSPS) is 14.2. The van der Waals surface area contributed by atoms with Crippen molar-refractivity contribution >= 4 is 11.8 Å². The molecular weight excluding hydrogens is 308 g/mol. The van der Waals surface area contributed by atoms with Gasteiger partial charge in [-0.3, -0.25) is 0 Å². The molecule has 0 amide bonds. The molecular formula is C18H20N2O4. The summed E-state index contributed by atoms with van der Waals surface area (Å²) in [6.45, 7) is 1.80. The molecule has 1 aliphatic heterocycles. The molecule has 6 heteroatoms. The molecule has 2 aromatic rings. The van der Waals surface area contributed by atoms with E-state index in [9.17, 15) is 4.79 Å². The van der Waals surface area contributed by atoms with Gasteiger partial charge in [0.05, 0.1) is 19.8 Å². The summed E-state index contributed by atoms with van der Waals surface area (Å²) in [7, 11) is 3.30. The molecule has 0 aliphatic carbocycles. The first-order valence-electron chi connectivity index (χ1n) is 7.75. The monoisotopic (exact) mass is 328 g/mol. The first-order chi connectivity index (χ1) is 11.6. The number of pyridine rings is 1. The highest BCUT2D eigenvalue weighted by molar-refractivity contribution is 5.87. The van der Waals surface area contributed by atoms with Crippen LogP contribution >= 0.6 is 0 Å². The van der Waals surface area contributed by atoms with E-state index in [2.05, 4.69) is 9.88 Å². The van der Waals surface area contributed by atoms with E-state index >= 15 is 0 Å². The number of hydrogen-bond donors (Lipinski definition) is 1. The molecule has 3 rings (SSSR count). The number of aromatic carboxylic acids is 1. The fourth-order valence-corrected chi connectivity index (χ4v) is 2.90. The number of aromatic nitrogens is 1. The number of carboxylic acids is 1. The molecule has 126 valence electrons. The van der Waals surface area contributed by atoms with Crippen molar-refractivity contribution < 1.29 is 19.4 Å². The highest BCUT2D eigenvalue weighted by atomic mass is 16.5. The second kappa shape index (κ2) is 6.78. The molecule has 1 aromatic carbocycles. The van der Waals surface area contributed by atoms with Crippen molar-refractivity contribution in [1.82, 2.24) is 4.98 Å². The molecule has 1 aliphatic rings. The molecule has 6 nitrogen and oxygen atoms in total. The molecule has 24 heavy (non-hydrogen) atoms. The Labute approximate surface area is 140 Å². The van der Waals surface area contributed by atoms with Gasteiger partial charge in [0.15, 0.2) is 0 Å². The minimum atomic E-state index is -0.956. The van der Waals surface area contributed by atoms with E-state index in [1.807, 2.05) is 18.2 Å². The van der Waals surface area contributed by atoms with Crippen LogP contribution in [0, 0.1) is 5.92 Å². The van der Waals surface area contributed by atoms with Gasteiger partial charge in [0.1, 0.15) is 17.3 Å². The summed E-state index contributed by atoms with van der Waals surface area (Å²) < 4.78 is 10.6. The molecule has 1 aromatic heterocycles. The van der Waals surface area contributed by atoms with Crippen molar-refractivity contribution in [3.05, 3.63) is 47.7 Å². The minimum absolute atomic E-state index is 0.208. The van der Waals surface area contributed by atoms with Gasteiger partial charge in [-0.05, 0) is 42.2 Å². The summed E-state index contributed by atoms with van der Waals surface area (Å²) in [5.41, 5.74) is 1.39. The number of hydrogen-bond acceptors (Lipinski definition) is 5. The molecule has 1 saturated heterocycles. The molecule has 0 saturated carbocycles. The molecule has 1 fully saturated rings. The minimum Gasteiger partial charge on any atom is -0.497 e. The summed E-state index contributed by atoms with van der Waals surface area (Å²) in [4.78, 5) is 17.2. The number of nitrogens with zero attached hydrogens (tertiary/aromatic N) is 2. The summed E-state index contributed by atoms with van der Waals surface area (Å²) in [5.74, 6) is 1.99. The molecule has 0 spiro atoms. The summed E-state index contributed by atoms with van der Waals surface area (Å²) in [6, 6.07) is 9.28. The highest BCUT2D eigenvalue weighted by Gasteiger charge is 2.28. The first-order valence-corrected chi connectivity index (χ1v) is 7.75. The summed E-state index contributed by atoms with van der Waals surface area (Å²) >= 11 is 0. The van der Waals surface area contributed by atoms with Crippen molar-refractivity contribution in [2.75, 3.05) is 32.2 Å². The third kappa shape index (κ3) is 3.42. The van der Waals surface area contributed by atoms with E-state index in [-0.39, 0.29) is 5.56 Å². The Kier molecular flexibility index (Phi) is 4.55. The first kappa shape index (κ1) is 16.1. The lowest BCUT2D eigenvalue weighted by molar-refractivity contribution is 0.0696. The van der Waals surface area contributed by atoms with Crippen molar-refractivity contribution in [3.8, 4) is 11.5 Å². The van der Waals surface area contributed by atoms with Gasteiger partial charge in [-0.2, -0.15) is 0 Å². The maximum absolute atomic E-state index is 10.9. The Morgan fingerprint density at radius 1 is 1.21 bits per heavy atom.